The van der Waals surface area contributed by atoms with E-state index in [2.05, 4.69) is 4.98 Å². The maximum atomic E-state index is 12.0. The molecule has 2 rings (SSSR count). The molecule has 0 aliphatic carbocycles. The maximum absolute atomic E-state index is 12.0. The molecular weight excluding hydrogens is 224 g/mol. The summed E-state index contributed by atoms with van der Waals surface area (Å²) in [6.45, 7) is 2.92. The largest absolute Gasteiger partial charge is 0.336 e. The first kappa shape index (κ1) is 11.5. The topological polar surface area (TPSA) is 64.2 Å². The molecule has 1 fully saturated rings. The number of carbonyl (C=O) groups excluding carboxylic acids is 1. The van der Waals surface area contributed by atoms with E-state index in [1.165, 1.54) is 0 Å². The molecular formula is C10H16N4OS. The van der Waals surface area contributed by atoms with Gasteiger partial charge in [-0.05, 0) is 0 Å². The number of hydrogen-bond donors (Lipinski definition) is 1. The predicted molar refractivity (Wildman–Crippen MR) is 64.5 cm³/mol. The molecule has 2 heterocycles. The first-order valence-corrected chi connectivity index (χ1v) is 6.55. The molecule has 0 spiro atoms. The van der Waals surface area contributed by atoms with E-state index in [-0.39, 0.29) is 5.91 Å². The van der Waals surface area contributed by atoms with E-state index in [4.69, 9.17) is 5.73 Å². The molecule has 0 bridgehead atoms. The van der Waals surface area contributed by atoms with Crippen molar-refractivity contribution in [3.63, 3.8) is 0 Å². The fourth-order valence-electron chi connectivity index (χ4n) is 1.67. The lowest BCUT2D eigenvalue weighted by molar-refractivity contribution is 0.0767. The molecule has 1 aromatic rings. The van der Waals surface area contributed by atoms with Crippen molar-refractivity contribution >= 4 is 17.7 Å². The van der Waals surface area contributed by atoms with Gasteiger partial charge >= 0.3 is 0 Å². The first-order valence-electron chi connectivity index (χ1n) is 5.40. The molecule has 1 aliphatic heterocycles. The van der Waals surface area contributed by atoms with Crippen LogP contribution < -0.4 is 5.73 Å². The zero-order chi connectivity index (χ0) is 11.4. The van der Waals surface area contributed by atoms with Gasteiger partial charge in [-0.3, -0.25) is 4.79 Å². The Morgan fingerprint density at radius 3 is 2.94 bits per heavy atom. The molecule has 2 N–H and O–H groups in total. The minimum atomic E-state index is 0.0380. The second-order valence-corrected chi connectivity index (χ2v) is 4.91. The van der Waals surface area contributed by atoms with Crippen LogP contribution in [0, 0.1) is 0 Å². The number of nitrogens with two attached hydrogens (primary N) is 1. The fourth-order valence-corrected chi connectivity index (χ4v) is 2.57. The third-order valence-electron chi connectivity index (χ3n) is 2.54. The summed E-state index contributed by atoms with van der Waals surface area (Å²) < 4.78 is 1.85. The minimum absolute atomic E-state index is 0.0380. The molecule has 0 aromatic carbocycles. The lowest BCUT2D eigenvalue weighted by Crippen LogP contribution is -2.38. The number of imidazole rings is 1. The van der Waals surface area contributed by atoms with Gasteiger partial charge in [0.15, 0.2) is 0 Å². The number of nitrogens with zero attached hydrogens (tertiary/aromatic N) is 3. The number of amides is 1. The highest BCUT2D eigenvalue weighted by atomic mass is 32.2. The molecule has 88 valence electrons. The Bertz CT molecular complexity index is 359. The van der Waals surface area contributed by atoms with Crippen LogP contribution >= 0.6 is 11.8 Å². The maximum Gasteiger partial charge on any atom is 0.274 e. The van der Waals surface area contributed by atoms with Crippen LogP contribution in [0.15, 0.2) is 12.5 Å². The monoisotopic (exact) mass is 240 g/mol. The molecule has 16 heavy (non-hydrogen) atoms. The molecule has 0 saturated carbocycles. The first-order chi connectivity index (χ1) is 7.81. The van der Waals surface area contributed by atoms with E-state index in [1.807, 2.05) is 21.2 Å². The molecule has 0 radical (unpaired) electrons. The van der Waals surface area contributed by atoms with Crippen LogP contribution in [-0.4, -0.2) is 51.5 Å². The Morgan fingerprint density at radius 2 is 2.25 bits per heavy atom. The van der Waals surface area contributed by atoms with Crippen LogP contribution in [0.5, 0.6) is 0 Å². The lowest BCUT2D eigenvalue weighted by Gasteiger charge is -2.25. The summed E-state index contributed by atoms with van der Waals surface area (Å²) in [4.78, 5) is 18.0. The molecule has 1 aromatic heterocycles. The van der Waals surface area contributed by atoms with Crippen LogP contribution in [0.4, 0.5) is 0 Å². The van der Waals surface area contributed by atoms with Gasteiger partial charge in [-0.15, -0.1) is 0 Å². The van der Waals surface area contributed by atoms with Gasteiger partial charge in [0, 0.05) is 43.9 Å². The van der Waals surface area contributed by atoms with Crippen molar-refractivity contribution in [2.75, 3.05) is 31.1 Å². The SMILES string of the molecule is NCCn1cnc(C(=O)N2CCSCC2)c1. The van der Waals surface area contributed by atoms with Gasteiger partial charge < -0.3 is 15.2 Å². The van der Waals surface area contributed by atoms with E-state index in [0.29, 0.717) is 18.8 Å². The van der Waals surface area contributed by atoms with Crippen molar-refractivity contribution < 1.29 is 4.79 Å². The van der Waals surface area contributed by atoms with Crippen LogP contribution in [0.3, 0.4) is 0 Å². The van der Waals surface area contributed by atoms with Crippen molar-refractivity contribution in [3.8, 4) is 0 Å². The summed E-state index contributed by atoms with van der Waals surface area (Å²) in [5.41, 5.74) is 5.97. The number of thioether (sulfide) groups is 1. The minimum Gasteiger partial charge on any atom is -0.336 e. The van der Waals surface area contributed by atoms with Crippen molar-refractivity contribution in [2.24, 2.45) is 5.73 Å². The number of aromatic nitrogens is 2. The van der Waals surface area contributed by atoms with Gasteiger partial charge in [0.25, 0.3) is 5.91 Å². The van der Waals surface area contributed by atoms with Crippen LogP contribution in [-0.2, 0) is 6.54 Å². The number of carbonyl (C=O) groups is 1. The Labute approximate surface area is 99.0 Å². The van der Waals surface area contributed by atoms with Gasteiger partial charge in [0.2, 0.25) is 0 Å². The molecule has 1 saturated heterocycles. The second-order valence-electron chi connectivity index (χ2n) is 3.69. The van der Waals surface area contributed by atoms with E-state index in [1.54, 1.807) is 12.5 Å². The average Bonchev–Trinajstić information content (AvgIpc) is 2.78. The predicted octanol–water partition coefficient (Wildman–Crippen LogP) is 0.0308. The molecule has 1 aliphatic rings. The smallest absolute Gasteiger partial charge is 0.274 e. The van der Waals surface area contributed by atoms with E-state index in [0.717, 1.165) is 24.6 Å². The average molecular weight is 240 g/mol. The summed E-state index contributed by atoms with van der Waals surface area (Å²) in [5, 5.41) is 0. The Kier molecular flexibility index (Phi) is 3.84. The van der Waals surface area contributed by atoms with Crippen molar-refractivity contribution in [3.05, 3.63) is 18.2 Å². The third-order valence-corrected chi connectivity index (χ3v) is 3.48. The molecule has 0 unspecified atom stereocenters. The Hall–Kier alpha value is -1.01. The zero-order valence-electron chi connectivity index (χ0n) is 9.13. The summed E-state index contributed by atoms with van der Waals surface area (Å²) >= 11 is 1.89. The molecule has 1 amide bonds. The summed E-state index contributed by atoms with van der Waals surface area (Å²) in [5.74, 6) is 2.08. The highest BCUT2D eigenvalue weighted by Gasteiger charge is 2.20. The quantitative estimate of drug-likeness (QED) is 0.809. The summed E-state index contributed by atoms with van der Waals surface area (Å²) in [7, 11) is 0. The zero-order valence-corrected chi connectivity index (χ0v) is 9.95. The second kappa shape index (κ2) is 5.36. The van der Waals surface area contributed by atoms with Gasteiger partial charge in [0.1, 0.15) is 5.69 Å². The fraction of sp³-hybridized carbons (Fsp3) is 0.600. The molecule has 6 heteroatoms. The van der Waals surface area contributed by atoms with Crippen molar-refractivity contribution in [1.82, 2.24) is 14.5 Å². The van der Waals surface area contributed by atoms with Crippen LogP contribution in [0.25, 0.3) is 0 Å². The normalized spacial score (nSPS) is 16.4. The number of hydrogen-bond acceptors (Lipinski definition) is 4. The van der Waals surface area contributed by atoms with Crippen LogP contribution in [0.2, 0.25) is 0 Å². The van der Waals surface area contributed by atoms with E-state index >= 15 is 0 Å². The van der Waals surface area contributed by atoms with Gasteiger partial charge in [-0.1, -0.05) is 0 Å². The molecule has 5 nitrogen and oxygen atoms in total. The number of rotatable bonds is 3. The van der Waals surface area contributed by atoms with Crippen LogP contribution in [0.1, 0.15) is 10.5 Å². The van der Waals surface area contributed by atoms with Crippen molar-refractivity contribution in [2.45, 2.75) is 6.54 Å². The standard InChI is InChI=1S/C10H16N4OS/c11-1-2-13-7-9(12-8-13)10(15)14-3-5-16-6-4-14/h7-8H,1-6,11H2. The van der Waals surface area contributed by atoms with Crippen molar-refractivity contribution in [1.29, 1.82) is 0 Å². The highest BCUT2D eigenvalue weighted by molar-refractivity contribution is 7.99. The summed E-state index contributed by atoms with van der Waals surface area (Å²) in [6, 6.07) is 0. The highest BCUT2D eigenvalue weighted by Crippen LogP contribution is 2.11. The third kappa shape index (κ3) is 2.56. The van der Waals surface area contributed by atoms with E-state index in [9.17, 15) is 4.79 Å². The lowest BCUT2D eigenvalue weighted by atomic mass is 10.3. The van der Waals surface area contributed by atoms with Gasteiger partial charge in [-0.2, -0.15) is 11.8 Å². The van der Waals surface area contributed by atoms with Gasteiger partial charge in [0.05, 0.1) is 6.33 Å². The van der Waals surface area contributed by atoms with Gasteiger partial charge in [-0.25, -0.2) is 4.98 Å². The molecule has 0 atom stereocenters. The Balaban J connectivity index is 2.01. The summed E-state index contributed by atoms with van der Waals surface area (Å²) in [6.07, 6.45) is 3.44. The van der Waals surface area contributed by atoms with E-state index < -0.39 is 0 Å². The Morgan fingerprint density at radius 1 is 1.50 bits per heavy atom.